The van der Waals surface area contributed by atoms with Gasteiger partial charge in [-0.05, 0) is 26.7 Å². The van der Waals surface area contributed by atoms with Gasteiger partial charge in [-0.2, -0.15) is 0 Å². The molecule has 106 valence electrons. The number of rotatable bonds is 6. The topological polar surface area (TPSA) is 99.2 Å². The van der Waals surface area contributed by atoms with E-state index in [9.17, 15) is 9.90 Å². The van der Waals surface area contributed by atoms with Crippen LogP contribution < -0.4 is 5.73 Å². The molecule has 0 radical (unpaired) electrons. The van der Waals surface area contributed by atoms with Crippen LogP contribution in [-0.2, 0) is 4.79 Å². The highest BCUT2D eigenvalue weighted by molar-refractivity contribution is 6.06. The molecule has 0 aromatic heterocycles. The van der Waals surface area contributed by atoms with E-state index >= 15 is 0 Å². The summed E-state index contributed by atoms with van der Waals surface area (Å²) < 4.78 is 0. The minimum atomic E-state index is -1.01. The number of aliphatic hydroxyl groups is 1. The first-order chi connectivity index (χ1) is 8.14. The van der Waals surface area contributed by atoms with Crippen LogP contribution in [0.1, 0.15) is 40.5 Å². The van der Waals surface area contributed by atoms with Crippen LogP contribution in [-0.4, -0.2) is 46.1 Å². The molecule has 0 bridgehead atoms. The van der Waals surface area contributed by atoms with E-state index in [-0.39, 0.29) is 18.3 Å². The fraction of sp³-hybridized carbons (Fsp3) is 0.833. The number of oxime groups is 1. The molecule has 0 aromatic rings. The monoisotopic (exact) mass is 259 g/mol. The number of nitrogens with two attached hydrogens (primary N) is 1. The van der Waals surface area contributed by atoms with Gasteiger partial charge < -0.3 is 20.9 Å². The van der Waals surface area contributed by atoms with Crippen molar-refractivity contribution in [2.75, 3.05) is 13.6 Å². The Hall–Kier alpha value is -1.30. The Balaban J connectivity index is 5.22. The van der Waals surface area contributed by atoms with Crippen LogP contribution in [0.5, 0.6) is 0 Å². The molecule has 18 heavy (non-hydrogen) atoms. The van der Waals surface area contributed by atoms with Gasteiger partial charge in [0.1, 0.15) is 5.41 Å². The first-order valence-corrected chi connectivity index (χ1v) is 6.10. The van der Waals surface area contributed by atoms with Crippen molar-refractivity contribution in [3.05, 3.63) is 0 Å². The molecule has 0 aliphatic rings. The standard InChI is InChI=1S/C12H25N3O3/c1-6-12(7-2,9(13)14-18)10(16)15(5)8-11(3,4)17/h17-18H,6-8H2,1-5H3,(H2,13,14). The molecule has 0 saturated heterocycles. The second-order valence-corrected chi connectivity index (χ2v) is 5.25. The van der Waals surface area contributed by atoms with Crippen LogP contribution in [0.3, 0.4) is 0 Å². The lowest BCUT2D eigenvalue weighted by atomic mass is 9.79. The van der Waals surface area contributed by atoms with Crippen LogP contribution in [0.15, 0.2) is 5.16 Å². The molecule has 4 N–H and O–H groups in total. The summed E-state index contributed by atoms with van der Waals surface area (Å²) >= 11 is 0. The van der Waals surface area contributed by atoms with E-state index < -0.39 is 11.0 Å². The quantitative estimate of drug-likeness (QED) is 0.284. The van der Waals surface area contributed by atoms with Crippen LogP contribution in [0, 0.1) is 5.41 Å². The Kier molecular flexibility index (Phi) is 5.60. The van der Waals surface area contributed by atoms with Crippen LogP contribution in [0.2, 0.25) is 0 Å². The second kappa shape index (κ2) is 6.04. The first-order valence-electron chi connectivity index (χ1n) is 6.10. The third-order valence-corrected chi connectivity index (χ3v) is 3.19. The van der Waals surface area contributed by atoms with Crippen LogP contribution in [0.25, 0.3) is 0 Å². The summed E-state index contributed by atoms with van der Waals surface area (Å²) in [5.74, 6) is -0.329. The molecule has 0 atom stereocenters. The summed E-state index contributed by atoms with van der Waals surface area (Å²) in [6.45, 7) is 7.07. The summed E-state index contributed by atoms with van der Waals surface area (Å²) in [5, 5.41) is 21.6. The van der Waals surface area contributed by atoms with E-state index in [0.717, 1.165) is 0 Å². The molecule has 0 unspecified atom stereocenters. The lowest BCUT2D eigenvalue weighted by Gasteiger charge is -2.35. The zero-order valence-corrected chi connectivity index (χ0v) is 11.9. The van der Waals surface area contributed by atoms with Gasteiger partial charge in [0, 0.05) is 13.6 Å². The maximum absolute atomic E-state index is 12.4. The Bertz CT molecular complexity index is 317. The molecule has 0 aliphatic carbocycles. The number of likely N-dealkylation sites (N-methyl/N-ethyl adjacent to an activating group) is 1. The van der Waals surface area contributed by atoms with Gasteiger partial charge in [-0.25, -0.2) is 0 Å². The average molecular weight is 259 g/mol. The van der Waals surface area contributed by atoms with Crippen molar-refractivity contribution in [3.63, 3.8) is 0 Å². The van der Waals surface area contributed by atoms with Gasteiger partial charge in [0.05, 0.1) is 5.60 Å². The summed E-state index contributed by atoms with van der Waals surface area (Å²) in [5.41, 5.74) is 3.68. The predicted molar refractivity (Wildman–Crippen MR) is 70.4 cm³/mol. The van der Waals surface area contributed by atoms with E-state index in [2.05, 4.69) is 5.16 Å². The third kappa shape index (κ3) is 3.60. The average Bonchev–Trinajstić information content (AvgIpc) is 2.28. The van der Waals surface area contributed by atoms with Gasteiger partial charge >= 0.3 is 0 Å². The van der Waals surface area contributed by atoms with E-state index in [1.54, 1.807) is 20.9 Å². The second-order valence-electron chi connectivity index (χ2n) is 5.25. The number of hydrogen-bond donors (Lipinski definition) is 3. The summed E-state index contributed by atoms with van der Waals surface area (Å²) in [6, 6.07) is 0. The fourth-order valence-corrected chi connectivity index (χ4v) is 2.14. The maximum Gasteiger partial charge on any atom is 0.236 e. The lowest BCUT2D eigenvalue weighted by Crippen LogP contribution is -2.52. The Morgan fingerprint density at radius 3 is 2.06 bits per heavy atom. The van der Waals surface area contributed by atoms with Gasteiger partial charge in [-0.15, -0.1) is 0 Å². The number of hydrogen-bond acceptors (Lipinski definition) is 4. The van der Waals surface area contributed by atoms with E-state index in [1.165, 1.54) is 4.90 Å². The van der Waals surface area contributed by atoms with Crippen molar-refractivity contribution < 1.29 is 15.1 Å². The van der Waals surface area contributed by atoms with Gasteiger partial charge in [0.25, 0.3) is 0 Å². The Morgan fingerprint density at radius 1 is 1.33 bits per heavy atom. The van der Waals surface area contributed by atoms with Gasteiger partial charge in [0.2, 0.25) is 5.91 Å². The zero-order chi connectivity index (χ0) is 14.6. The molecule has 0 aromatic carbocycles. The normalized spacial score (nSPS) is 13.6. The molecule has 0 aliphatic heterocycles. The number of carbonyl (C=O) groups is 1. The van der Waals surface area contributed by atoms with E-state index in [0.29, 0.717) is 12.8 Å². The summed E-state index contributed by atoms with van der Waals surface area (Å²) in [7, 11) is 1.60. The summed E-state index contributed by atoms with van der Waals surface area (Å²) in [6.07, 6.45) is 0.878. The Labute approximate surface area is 108 Å². The zero-order valence-electron chi connectivity index (χ0n) is 11.9. The van der Waals surface area contributed by atoms with E-state index in [1.807, 2.05) is 13.8 Å². The highest BCUT2D eigenvalue weighted by atomic mass is 16.4. The molecule has 6 nitrogen and oxygen atoms in total. The lowest BCUT2D eigenvalue weighted by molar-refractivity contribution is -0.140. The Morgan fingerprint density at radius 2 is 1.78 bits per heavy atom. The number of carbonyl (C=O) groups excluding carboxylic acids is 1. The minimum Gasteiger partial charge on any atom is -0.409 e. The molecule has 0 spiro atoms. The van der Waals surface area contributed by atoms with Gasteiger partial charge in [-0.3, -0.25) is 4.79 Å². The molecule has 0 saturated carbocycles. The molecule has 0 fully saturated rings. The predicted octanol–water partition coefficient (Wildman–Crippen LogP) is 0.769. The maximum atomic E-state index is 12.4. The molecule has 0 heterocycles. The van der Waals surface area contributed by atoms with Crippen molar-refractivity contribution in [2.24, 2.45) is 16.3 Å². The smallest absolute Gasteiger partial charge is 0.236 e. The van der Waals surface area contributed by atoms with Crippen LogP contribution in [0.4, 0.5) is 0 Å². The van der Waals surface area contributed by atoms with Crippen molar-refractivity contribution in [3.8, 4) is 0 Å². The molecule has 0 rings (SSSR count). The summed E-state index contributed by atoms with van der Waals surface area (Å²) in [4.78, 5) is 13.9. The highest BCUT2D eigenvalue weighted by Crippen LogP contribution is 2.29. The first kappa shape index (κ1) is 16.7. The third-order valence-electron chi connectivity index (χ3n) is 3.19. The van der Waals surface area contributed by atoms with Gasteiger partial charge in [0.15, 0.2) is 5.84 Å². The minimum absolute atomic E-state index is 0.0832. The van der Waals surface area contributed by atoms with Crippen molar-refractivity contribution in [2.45, 2.75) is 46.1 Å². The number of amides is 1. The number of amidine groups is 1. The SMILES string of the molecule is CCC(CC)(C(=O)N(C)CC(C)(C)O)C(N)=NO. The highest BCUT2D eigenvalue weighted by Gasteiger charge is 2.42. The van der Waals surface area contributed by atoms with Crippen molar-refractivity contribution >= 4 is 11.7 Å². The van der Waals surface area contributed by atoms with Crippen molar-refractivity contribution in [1.82, 2.24) is 4.90 Å². The molecular formula is C12H25N3O3. The molecule has 6 heteroatoms. The van der Waals surface area contributed by atoms with Crippen LogP contribution >= 0.6 is 0 Å². The van der Waals surface area contributed by atoms with Gasteiger partial charge in [-0.1, -0.05) is 19.0 Å². The van der Waals surface area contributed by atoms with E-state index in [4.69, 9.17) is 10.9 Å². The van der Waals surface area contributed by atoms with Crippen molar-refractivity contribution in [1.29, 1.82) is 0 Å². The molecular weight excluding hydrogens is 234 g/mol. The number of nitrogens with zero attached hydrogens (tertiary/aromatic N) is 2. The largest absolute Gasteiger partial charge is 0.409 e. The molecule has 1 amide bonds. The fourth-order valence-electron chi connectivity index (χ4n) is 2.14.